The lowest BCUT2D eigenvalue weighted by Crippen LogP contribution is -2.01. The summed E-state index contributed by atoms with van der Waals surface area (Å²) in [6.07, 6.45) is 2.61. The van der Waals surface area contributed by atoms with Crippen molar-refractivity contribution in [3.63, 3.8) is 0 Å². The van der Waals surface area contributed by atoms with E-state index >= 15 is 0 Å². The van der Waals surface area contributed by atoms with Crippen molar-refractivity contribution in [3.8, 4) is 0 Å². The average molecular weight is 281 g/mol. The van der Waals surface area contributed by atoms with Crippen LogP contribution in [0.5, 0.6) is 0 Å². The fourth-order valence-electron chi connectivity index (χ4n) is 1.67. The van der Waals surface area contributed by atoms with Crippen LogP contribution in [0.25, 0.3) is 11.1 Å². The van der Waals surface area contributed by atoms with Gasteiger partial charge >= 0.3 is 6.55 Å². The predicted octanol–water partition coefficient (Wildman–Crippen LogP) is 3.71. The van der Waals surface area contributed by atoms with Crippen molar-refractivity contribution in [2.45, 2.75) is 17.5 Å². The minimum atomic E-state index is -2.58. The van der Waals surface area contributed by atoms with E-state index in [4.69, 9.17) is 4.42 Å². The van der Waals surface area contributed by atoms with Gasteiger partial charge in [-0.05, 0) is 12.1 Å². The Morgan fingerprint density at radius 2 is 2.16 bits per heavy atom. The first-order valence-corrected chi connectivity index (χ1v) is 6.51. The molecular weight excluding hydrogens is 272 g/mol. The Morgan fingerprint density at radius 3 is 2.95 bits per heavy atom. The highest BCUT2D eigenvalue weighted by atomic mass is 32.2. The third-order valence-electron chi connectivity index (χ3n) is 2.56. The molecule has 7 heteroatoms. The number of halogens is 2. The lowest BCUT2D eigenvalue weighted by Gasteiger charge is -2.04. The molecule has 0 aliphatic carbocycles. The largest absolute Gasteiger partial charge is 0.431 e. The average Bonchev–Trinajstić information content (AvgIpc) is 3.02. The van der Waals surface area contributed by atoms with Crippen LogP contribution in [0.15, 0.2) is 46.3 Å². The van der Waals surface area contributed by atoms with E-state index in [1.807, 2.05) is 24.3 Å². The van der Waals surface area contributed by atoms with Crippen LogP contribution in [0.3, 0.4) is 0 Å². The highest BCUT2D eigenvalue weighted by molar-refractivity contribution is 7.98. The number of thioether (sulfide) groups is 1. The fourth-order valence-corrected chi connectivity index (χ4v) is 2.46. The van der Waals surface area contributed by atoms with Crippen LogP contribution in [0.2, 0.25) is 0 Å². The number of aromatic nitrogens is 3. The zero-order valence-electron chi connectivity index (χ0n) is 9.66. The van der Waals surface area contributed by atoms with E-state index in [-0.39, 0.29) is 5.75 Å². The first kappa shape index (κ1) is 12.2. The molecule has 0 N–H and O–H groups in total. The maximum Gasteiger partial charge on any atom is 0.319 e. The highest BCUT2D eigenvalue weighted by Gasteiger charge is 2.13. The number of oxazole rings is 1. The van der Waals surface area contributed by atoms with Crippen LogP contribution in [0.4, 0.5) is 8.78 Å². The Morgan fingerprint density at radius 1 is 1.32 bits per heavy atom. The zero-order chi connectivity index (χ0) is 13.2. The molecule has 0 saturated heterocycles. The summed E-state index contributed by atoms with van der Waals surface area (Å²) in [4.78, 5) is 8.16. The Bertz CT molecular complexity index is 662. The van der Waals surface area contributed by atoms with Crippen LogP contribution in [0, 0.1) is 0 Å². The maximum absolute atomic E-state index is 12.6. The van der Waals surface area contributed by atoms with E-state index in [0.29, 0.717) is 16.6 Å². The molecule has 1 aromatic carbocycles. The van der Waals surface area contributed by atoms with Gasteiger partial charge in [-0.2, -0.15) is 8.78 Å². The molecule has 2 heterocycles. The molecule has 19 heavy (non-hydrogen) atoms. The second-order valence-corrected chi connectivity index (χ2v) is 4.69. The van der Waals surface area contributed by atoms with Gasteiger partial charge in [0.2, 0.25) is 0 Å². The molecule has 98 valence electrons. The highest BCUT2D eigenvalue weighted by Crippen LogP contribution is 2.26. The Hall–Kier alpha value is -1.89. The standard InChI is InChI=1S/C12H9F2N3OS/c13-11(14)17-6-5-15-10(17)7-19-12-16-8-3-1-2-4-9(8)18-12/h1-6,11H,7H2. The molecule has 0 spiro atoms. The summed E-state index contributed by atoms with van der Waals surface area (Å²) >= 11 is 1.24. The summed E-state index contributed by atoms with van der Waals surface area (Å²) < 4.78 is 31.6. The summed E-state index contributed by atoms with van der Waals surface area (Å²) in [5.74, 6) is 0.576. The Labute approximate surface area is 111 Å². The van der Waals surface area contributed by atoms with Crippen molar-refractivity contribution in [2.75, 3.05) is 0 Å². The minimum Gasteiger partial charge on any atom is -0.431 e. The second kappa shape index (κ2) is 5.00. The number of nitrogens with zero attached hydrogens (tertiary/aromatic N) is 3. The molecule has 0 radical (unpaired) electrons. The van der Waals surface area contributed by atoms with Gasteiger partial charge < -0.3 is 4.42 Å². The Kier molecular flexibility index (Phi) is 3.20. The van der Waals surface area contributed by atoms with Crippen molar-refractivity contribution < 1.29 is 13.2 Å². The number of rotatable bonds is 4. The summed E-state index contributed by atoms with van der Waals surface area (Å²) in [6.45, 7) is -2.58. The molecule has 0 aliphatic rings. The van der Waals surface area contributed by atoms with Crippen LogP contribution in [-0.4, -0.2) is 14.5 Å². The van der Waals surface area contributed by atoms with E-state index in [1.54, 1.807) is 0 Å². The number of fused-ring (bicyclic) bond motifs is 1. The summed E-state index contributed by atoms with van der Waals surface area (Å²) in [6, 6.07) is 7.36. The number of para-hydroxylation sites is 2. The van der Waals surface area contributed by atoms with Crippen LogP contribution in [-0.2, 0) is 5.75 Å². The first-order valence-electron chi connectivity index (χ1n) is 5.52. The van der Waals surface area contributed by atoms with Gasteiger partial charge in [-0.3, -0.25) is 4.57 Å². The van der Waals surface area contributed by atoms with Gasteiger partial charge in [0.15, 0.2) is 5.58 Å². The topological polar surface area (TPSA) is 43.9 Å². The second-order valence-electron chi connectivity index (χ2n) is 3.76. The lowest BCUT2D eigenvalue weighted by molar-refractivity contribution is 0.0678. The molecule has 0 unspecified atom stereocenters. The molecule has 0 aliphatic heterocycles. The molecule has 2 aromatic heterocycles. The summed E-state index contributed by atoms with van der Waals surface area (Å²) in [5, 5.41) is 0.449. The van der Waals surface area contributed by atoms with Crippen LogP contribution in [0.1, 0.15) is 12.4 Å². The molecule has 3 rings (SSSR count). The lowest BCUT2D eigenvalue weighted by atomic mass is 10.3. The zero-order valence-corrected chi connectivity index (χ0v) is 10.5. The smallest absolute Gasteiger partial charge is 0.319 e. The third-order valence-corrected chi connectivity index (χ3v) is 3.38. The van der Waals surface area contributed by atoms with E-state index < -0.39 is 6.55 Å². The van der Waals surface area contributed by atoms with Gasteiger partial charge in [0.25, 0.3) is 5.22 Å². The Balaban J connectivity index is 1.76. The van der Waals surface area contributed by atoms with Crippen LogP contribution < -0.4 is 0 Å². The normalized spacial score (nSPS) is 11.5. The SMILES string of the molecule is FC(F)n1ccnc1CSc1nc2ccccc2o1. The van der Waals surface area contributed by atoms with Gasteiger partial charge in [-0.1, -0.05) is 23.9 Å². The van der Waals surface area contributed by atoms with Crippen molar-refractivity contribution in [1.82, 2.24) is 14.5 Å². The molecule has 4 nitrogen and oxygen atoms in total. The molecule has 0 saturated carbocycles. The number of hydrogen-bond acceptors (Lipinski definition) is 4. The molecular formula is C12H9F2N3OS. The minimum absolute atomic E-state index is 0.282. The maximum atomic E-state index is 12.6. The van der Waals surface area contributed by atoms with E-state index in [9.17, 15) is 8.78 Å². The number of hydrogen-bond donors (Lipinski definition) is 0. The molecule has 0 fully saturated rings. The number of imidazole rings is 1. The van der Waals surface area contributed by atoms with Crippen LogP contribution >= 0.6 is 11.8 Å². The number of alkyl halides is 2. The summed E-state index contributed by atoms with van der Waals surface area (Å²) in [5.41, 5.74) is 1.43. The van der Waals surface area contributed by atoms with Gasteiger partial charge in [0.1, 0.15) is 11.3 Å². The molecule has 0 amide bonds. The van der Waals surface area contributed by atoms with Crippen molar-refractivity contribution >= 4 is 22.9 Å². The third kappa shape index (κ3) is 2.46. The quantitative estimate of drug-likeness (QED) is 0.684. The van der Waals surface area contributed by atoms with Gasteiger partial charge in [0.05, 0.1) is 5.75 Å². The monoisotopic (exact) mass is 281 g/mol. The van der Waals surface area contributed by atoms with Crippen molar-refractivity contribution in [2.24, 2.45) is 0 Å². The van der Waals surface area contributed by atoms with Gasteiger partial charge in [-0.15, -0.1) is 0 Å². The number of benzene rings is 1. The molecule has 0 bridgehead atoms. The van der Waals surface area contributed by atoms with Gasteiger partial charge in [-0.25, -0.2) is 9.97 Å². The fraction of sp³-hybridized carbons (Fsp3) is 0.167. The first-order chi connectivity index (χ1) is 9.24. The summed E-state index contributed by atoms with van der Waals surface area (Å²) in [7, 11) is 0. The van der Waals surface area contributed by atoms with Crippen molar-refractivity contribution in [3.05, 3.63) is 42.5 Å². The van der Waals surface area contributed by atoms with E-state index in [1.165, 1.54) is 24.2 Å². The molecule has 0 atom stereocenters. The van der Waals surface area contributed by atoms with E-state index in [2.05, 4.69) is 9.97 Å². The van der Waals surface area contributed by atoms with Crippen molar-refractivity contribution in [1.29, 1.82) is 0 Å². The van der Waals surface area contributed by atoms with E-state index in [0.717, 1.165) is 10.1 Å². The van der Waals surface area contributed by atoms with Gasteiger partial charge in [0, 0.05) is 12.4 Å². The predicted molar refractivity (Wildman–Crippen MR) is 67.1 cm³/mol. The molecule has 3 aromatic rings.